The zero-order valence-corrected chi connectivity index (χ0v) is 11.5. The molecule has 0 saturated heterocycles. The lowest BCUT2D eigenvalue weighted by molar-refractivity contribution is -0.239. The summed E-state index contributed by atoms with van der Waals surface area (Å²) in [5.41, 5.74) is -3.29. The van der Waals surface area contributed by atoms with E-state index in [2.05, 4.69) is 22.6 Å². The second-order valence-corrected chi connectivity index (χ2v) is 4.85. The van der Waals surface area contributed by atoms with Gasteiger partial charge in [0, 0.05) is 10.6 Å². The predicted octanol–water partition coefficient (Wildman–Crippen LogP) is 4.24. The Labute approximate surface area is 123 Å². The summed E-state index contributed by atoms with van der Waals surface area (Å²) in [7, 11) is 0. The molecule has 1 aliphatic heterocycles. The summed E-state index contributed by atoms with van der Waals surface area (Å²) in [5.74, 6) is 4.20. The van der Waals surface area contributed by atoms with Gasteiger partial charge in [0.25, 0.3) is 5.60 Å². The molecule has 0 fully saturated rings. The molecule has 7 heteroatoms. The van der Waals surface area contributed by atoms with E-state index < -0.39 is 17.9 Å². The van der Waals surface area contributed by atoms with Crippen LogP contribution in [0.4, 0.5) is 23.7 Å². The number of carbonyl (C=O) groups is 1. The Bertz CT molecular complexity index is 688. The highest BCUT2D eigenvalue weighted by atomic mass is 35.5. The van der Waals surface area contributed by atoms with E-state index >= 15 is 0 Å². The van der Waals surface area contributed by atoms with Crippen molar-refractivity contribution in [1.82, 2.24) is 0 Å². The van der Waals surface area contributed by atoms with Crippen molar-refractivity contribution in [2.45, 2.75) is 18.7 Å². The van der Waals surface area contributed by atoms with E-state index in [0.29, 0.717) is 0 Å². The molecular weight excluding hydrogens is 307 g/mol. The van der Waals surface area contributed by atoms with E-state index in [1.807, 2.05) is 5.92 Å². The molecule has 0 aromatic heterocycles. The minimum Gasteiger partial charge on any atom is -0.415 e. The topological polar surface area (TPSA) is 38.3 Å². The van der Waals surface area contributed by atoms with Crippen LogP contribution in [0.15, 0.2) is 30.4 Å². The van der Waals surface area contributed by atoms with Gasteiger partial charge in [-0.1, -0.05) is 24.1 Å². The Balaban J connectivity index is 2.78. The molecule has 0 bridgehead atoms. The quantitative estimate of drug-likeness (QED) is 0.727. The first-order valence-electron chi connectivity index (χ1n) is 5.71. The SMILES string of the molecule is C=C(C)C#C[C@]1(C(F)(F)F)OC(=O)Nc2ccc(Cl)cc21. The number of alkyl halides is 3. The van der Waals surface area contributed by atoms with Gasteiger partial charge in [-0.3, -0.25) is 5.32 Å². The van der Waals surface area contributed by atoms with Crippen molar-refractivity contribution in [1.29, 1.82) is 0 Å². The van der Waals surface area contributed by atoms with Crippen molar-refractivity contribution in [2.75, 3.05) is 5.32 Å². The first-order valence-corrected chi connectivity index (χ1v) is 6.09. The van der Waals surface area contributed by atoms with E-state index in [-0.39, 0.29) is 21.8 Å². The number of ether oxygens (including phenoxy) is 1. The van der Waals surface area contributed by atoms with Gasteiger partial charge >= 0.3 is 12.3 Å². The van der Waals surface area contributed by atoms with Gasteiger partial charge in [-0.05, 0) is 36.6 Å². The minimum absolute atomic E-state index is 0.0519. The summed E-state index contributed by atoms with van der Waals surface area (Å²) >= 11 is 5.75. The molecule has 1 amide bonds. The number of hydrogen-bond acceptors (Lipinski definition) is 2. The molecule has 1 heterocycles. The second kappa shape index (κ2) is 5.01. The Kier molecular flexibility index (Phi) is 3.64. The molecule has 0 aliphatic carbocycles. The van der Waals surface area contributed by atoms with Crippen LogP contribution in [0.1, 0.15) is 12.5 Å². The van der Waals surface area contributed by atoms with Gasteiger partial charge in [-0.2, -0.15) is 13.2 Å². The monoisotopic (exact) mass is 315 g/mol. The van der Waals surface area contributed by atoms with Crippen LogP contribution in [0, 0.1) is 11.8 Å². The van der Waals surface area contributed by atoms with E-state index in [1.54, 1.807) is 0 Å². The van der Waals surface area contributed by atoms with E-state index in [4.69, 9.17) is 11.6 Å². The first-order chi connectivity index (χ1) is 9.65. The molecule has 1 aromatic rings. The van der Waals surface area contributed by atoms with Gasteiger partial charge in [0.15, 0.2) is 0 Å². The fraction of sp³-hybridized carbons (Fsp3) is 0.214. The number of anilines is 1. The van der Waals surface area contributed by atoms with Crippen LogP contribution < -0.4 is 5.32 Å². The molecule has 1 atom stereocenters. The summed E-state index contributed by atoms with van der Waals surface area (Å²) in [4.78, 5) is 11.5. The molecule has 1 aliphatic rings. The van der Waals surface area contributed by atoms with E-state index in [9.17, 15) is 18.0 Å². The highest BCUT2D eigenvalue weighted by Gasteiger charge is 2.62. The van der Waals surface area contributed by atoms with Crippen molar-refractivity contribution < 1.29 is 22.7 Å². The maximum Gasteiger partial charge on any atom is 0.445 e. The van der Waals surface area contributed by atoms with Gasteiger partial charge in [0.2, 0.25) is 0 Å². The molecule has 0 unspecified atom stereocenters. The number of carbonyl (C=O) groups excluding carboxylic acids is 1. The van der Waals surface area contributed by atoms with Crippen molar-refractivity contribution in [2.24, 2.45) is 0 Å². The fourth-order valence-electron chi connectivity index (χ4n) is 1.82. The summed E-state index contributed by atoms with van der Waals surface area (Å²) in [6.45, 7) is 4.87. The Hall–Kier alpha value is -2.13. The van der Waals surface area contributed by atoms with E-state index in [1.165, 1.54) is 19.1 Å². The largest absolute Gasteiger partial charge is 0.445 e. The van der Waals surface area contributed by atoms with Crippen molar-refractivity contribution >= 4 is 23.4 Å². The third-order valence-corrected chi connectivity index (χ3v) is 2.93. The van der Waals surface area contributed by atoms with Crippen LogP contribution in [0.5, 0.6) is 0 Å². The number of halogens is 4. The molecule has 3 nitrogen and oxygen atoms in total. The van der Waals surface area contributed by atoms with E-state index in [0.717, 1.165) is 6.07 Å². The lowest BCUT2D eigenvalue weighted by Crippen LogP contribution is -2.49. The predicted molar refractivity (Wildman–Crippen MR) is 71.9 cm³/mol. The van der Waals surface area contributed by atoms with Crippen LogP contribution in [0.25, 0.3) is 0 Å². The number of amides is 1. The molecule has 0 saturated carbocycles. The average Bonchev–Trinajstić information content (AvgIpc) is 2.35. The van der Waals surface area contributed by atoms with Crippen LogP contribution in [0.2, 0.25) is 5.02 Å². The maximum absolute atomic E-state index is 13.6. The average molecular weight is 316 g/mol. The highest BCUT2D eigenvalue weighted by Crippen LogP contribution is 2.47. The number of rotatable bonds is 0. The van der Waals surface area contributed by atoms with Gasteiger partial charge in [0.05, 0.1) is 5.69 Å². The zero-order chi connectivity index (χ0) is 15.8. The van der Waals surface area contributed by atoms with Crippen LogP contribution in [-0.4, -0.2) is 12.3 Å². The minimum atomic E-state index is -4.94. The van der Waals surface area contributed by atoms with Crippen LogP contribution in [0.3, 0.4) is 0 Å². The van der Waals surface area contributed by atoms with Crippen LogP contribution in [-0.2, 0) is 10.3 Å². The number of benzene rings is 1. The van der Waals surface area contributed by atoms with Crippen molar-refractivity contribution in [3.8, 4) is 11.8 Å². The maximum atomic E-state index is 13.6. The molecular formula is C14H9ClF3NO2. The third kappa shape index (κ3) is 2.69. The number of cyclic esters (lactones) is 1. The fourth-order valence-corrected chi connectivity index (χ4v) is 1.99. The summed E-state index contributed by atoms with van der Waals surface area (Å²) < 4.78 is 45.2. The smallest absolute Gasteiger partial charge is 0.415 e. The third-order valence-electron chi connectivity index (χ3n) is 2.69. The van der Waals surface area contributed by atoms with Gasteiger partial charge in [-0.25, -0.2) is 4.79 Å². The summed E-state index contributed by atoms with van der Waals surface area (Å²) in [6.07, 6.45) is -6.18. The zero-order valence-electron chi connectivity index (χ0n) is 10.8. The molecule has 1 N–H and O–H groups in total. The van der Waals surface area contributed by atoms with Gasteiger partial charge in [-0.15, -0.1) is 0 Å². The molecule has 21 heavy (non-hydrogen) atoms. The van der Waals surface area contributed by atoms with Crippen molar-refractivity contribution in [3.63, 3.8) is 0 Å². The lowest BCUT2D eigenvalue weighted by Gasteiger charge is -2.35. The van der Waals surface area contributed by atoms with Gasteiger partial charge in [0.1, 0.15) is 0 Å². The number of fused-ring (bicyclic) bond motifs is 1. The van der Waals surface area contributed by atoms with Crippen molar-refractivity contribution in [3.05, 3.63) is 40.9 Å². The number of nitrogens with one attached hydrogen (secondary N) is 1. The number of allylic oxidation sites excluding steroid dienone is 1. The summed E-state index contributed by atoms with van der Waals surface area (Å²) in [6, 6.07) is 3.69. The Morgan fingerprint density at radius 2 is 2.14 bits per heavy atom. The molecule has 2 rings (SSSR count). The Morgan fingerprint density at radius 1 is 1.48 bits per heavy atom. The lowest BCUT2D eigenvalue weighted by atomic mass is 9.90. The normalized spacial score (nSPS) is 20.5. The molecule has 0 radical (unpaired) electrons. The number of hydrogen-bond donors (Lipinski definition) is 1. The highest BCUT2D eigenvalue weighted by molar-refractivity contribution is 6.30. The second-order valence-electron chi connectivity index (χ2n) is 4.41. The van der Waals surface area contributed by atoms with Gasteiger partial charge < -0.3 is 4.74 Å². The standard InChI is InChI=1S/C14H9ClF3NO2/c1-8(2)5-6-13(14(16,17)18)10-7-9(15)3-4-11(10)19-12(20)21-13/h3-4,7H,1H2,2H3,(H,19,20)/t13-/m0/s1. The summed E-state index contributed by atoms with van der Waals surface area (Å²) in [5, 5.41) is 2.26. The van der Waals surface area contributed by atoms with Crippen LogP contribution >= 0.6 is 11.6 Å². The molecule has 110 valence electrons. The molecule has 0 spiro atoms. The Morgan fingerprint density at radius 3 is 2.71 bits per heavy atom. The molecule has 1 aromatic carbocycles. The first kappa shape index (κ1) is 15.3.